The van der Waals surface area contributed by atoms with E-state index >= 15 is 0 Å². The molecule has 3 rings (SSSR count). The minimum absolute atomic E-state index is 0.143. The van der Waals surface area contributed by atoms with Crippen molar-refractivity contribution in [1.29, 1.82) is 0 Å². The molecule has 2 aromatic rings. The predicted molar refractivity (Wildman–Crippen MR) is 106 cm³/mol. The SMILES string of the molecule is CC1CC(Cc2ccc(-c3ccccc3)cc2)N(C(=O)OC(C)(C)C)C1=O. The highest BCUT2D eigenvalue weighted by Crippen LogP contribution is 2.29. The fourth-order valence-corrected chi connectivity index (χ4v) is 3.49. The number of imide groups is 1. The van der Waals surface area contributed by atoms with Crippen LogP contribution in [0.25, 0.3) is 11.1 Å². The van der Waals surface area contributed by atoms with Gasteiger partial charge in [-0.05, 0) is 50.3 Å². The van der Waals surface area contributed by atoms with Crippen LogP contribution in [0.2, 0.25) is 0 Å². The number of hydrogen-bond donors (Lipinski definition) is 0. The van der Waals surface area contributed by atoms with Crippen LogP contribution in [0, 0.1) is 5.92 Å². The van der Waals surface area contributed by atoms with E-state index in [9.17, 15) is 9.59 Å². The van der Waals surface area contributed by atoms with Gasteiger partial charge in [0.15, 0.2) is 0 Å². The summed E-state index contributed by atoms with van der Waals surface area (Å²) in [6.07, 6.45) is 0.769. The van der Waals surface area contributed by atoms with Crippen molar-refractivity contribution < 1.29 is 14.3 Å². The van der Waals surface area contributed by atoms with Crippen LogP contribution >= 0.6 is 0 Å². The first-order valence-electron chi connectivity index (χ1n) is 9.45. The van der Waals surface area contributed by atoms with Crippen LogP contribution in [0.5, 0.6) is 0 Å². The molecule has 4 heteroatoms. The molecule has 2 aromatic carbocycles. The van der Waals surface area contributed by atoms with Gasteiger partial charge in [-0.1, -0.05) is 61.5 Å². The van der Waals surface area contributed by atoms with Crippen molar-refractivity contribution in [2.45, 2.75) is 52.2 Å². The Labute approximate surface area is 161 Å². The number of carbonyl (C=O) groups excluding carboxylic acids is 2. The van der Waals surface area contributed by atoms with Crippen LogP contribution in [-0.4, -0.2) is 28.5 Å². The number of likely N-dealkylation sites (tertiary alicyclic amines) is 1. The lowest BCUT2D eigenvalue weighted by atomic mass is 9.98. The Morgan fingerprint density at radius 2 is 1.63 bits per heavy atom. The highest BCUT2D eigenvalue weighted by molar-refractivity contribution is 5.95. The minimum Gasteiger partial charge on any atom is -0.443 e. The zero-order valence-corrected chi connectivity index (χ0v) is 16.4. The summed E-state index contributed by atoms with van der Waals surface area (Å²) in [6, 6.07) is 18.4. The van der Waals surface area contributed by atoms with Crippen LogP contribution in [0.15, 0.2) is 54.6 Å². The van der Waals surface area contributed by atoms with Crippen LogP contribution in [0.3, 0.4) is 0 Å². The molecule has 2 amide bonds. The standard InChI is InChI=1S/C23H27NO3/c1-16-14-20(24(21(16)25)22(26)27-23(2,3)4)15-17-10-12-19(13-11-17)18-8-6-5-7-9-18/h5-13,16,20H,14-15H2,1-4H3. The monoisotopic (exact) mass is 365 g/mol. The van der Waals surface area contributed by atoms with E-state index in [-0.39, 0.29) is 17.9 Å². The highest BCUT2D eigenvalue weighted by atomic mass is 16.6. The van der Waals surface area contributed by atoms with E-state index in [0.717, 1.165) is 11.1 Å². The molecule has 0 bridgehead atoms. The van der Waals surface area contributed by atoms with Gasteiger partial charge in [0.05, 0.1) is 0 Å². The smallest absolute Gasteiger partial charge is 0.417 e. The number of nitrogens with zero attached hydrogens (tertiary/aromatic N) is 1. The highest BCUT2D eigenvalue weighted by Gasteiger charge is 2.42. The third kappa shape index (κ3) is 4.57. The topological polar surface area (TPSA) is 46.6 Å². The molecule has 1 saturated heterocycles. The molecule has 0 N–H and O–H groups in total. The van der Waals surface area contributed by atoms with Crippen molar-refractivity contribution >= 4 is 12.0 Å². The molecule has 2 atom stereocenters. The third-order valence-corrected chi connectivity index (χ3v) is 4.77. The van der Waals surface area contributed by atoms with E-state index in [0.29, 0.717) is 12.8 Å². The van der Waals surface area contributed by atoms with Crippen LogP contribution in [0.4, 0.5) is 4.79 Å². The Kier molecular flexibility index (Phi) is 5.36. The fraction of sp³-hybridized carbons (Fsp3) is 0.391. The molecule has 0 aromatic heterocycles. The van der Waals surface area contributed by atoms with E-state index in [4.69, 9.17) is 4.74 Å². The van der Waals surface area contributed by atoms with Crippen molar-refractivity contribution in [3.63, 3.8) is 0 Å². The quantitative estimate of drug-likeness (QED) is 0.763. The molecular weight excluding hydrogens is 338 g/mol. The second-order valence-corrected chi connectivity index (χ2v) is 8.25. The largest absolute Gasteiger partial charge is 0.443 e. The van der Waals surface area contributed by atoms with Gasteiger partial charge in [-0.3, -0.25) is 4.79 Å². The van der Waals surface area contributed by atoms with Crippen molar-refractivity contribution in [3.05, 3.63) is 60.2 Å². The average Bonchev–Trinajstić information content (AvgIpc) is 2.89. The van der Waals surface area contributed by atoms with Crippen molar-refractivity contribution in [2.75, 3.05) is 0 Å². The van der Waals surface area contributed by atoms with Crippen molar-refractivity contribution in [1.82, 2.24) is 4.90 Å². The first-order chi connectivity index (χ1) is 12.7. The summed E-state index contributed by atoms with van der Waals surface area (Å²) >= 11 is 0. The van der Waals surface area contributed by atoms with E-state index in [1.807, 2.05) is 45.9 Å². The molecule has 2 unspecified atom stereocenters. The summed E-state index contributed by atoms with van der Waals surface area (Å²) in [5.74, 6) is -0.304. The Morgan fingerprint density at radius 1 is 1.04 bits per heavy atom. The molecule has 1 heterocycles. The normalized spacial score (nSPS) is 20.0. The summed E-state index contributed by atoms with van der Waals surface area (Å²) in [4.78, 5) is 26.4. The Bertz CT molecular complexity index is 806. The summed E-state index contributed by atoms with van der Waals surface area (Å²) in [5.41, 5.74) is 2.81. The molecule has 0 radical (unpaired) electrons. The molecular formula is C23H27NO3. The first-order valence-corrected chi connectivity index (χ1v) is 9.45. The van der Waals surface area contributed by atoms with Crippen LogP contribution < -0.4 is 0 Å². The van der Waals surface area contributed by atoms with Gasteiger partial charge in [0.2, 0.25) is 5.91 Å². The predicted octanol–water partition coefficient (Wildman–Crippen LogP) is 5.07. The molecule has 27 heavy (non-hydrogen) atoms. The van der Waals surface area contributed by atoms with Gasteiger partial charge in [-0.15, -0.1) is 0 Å². The van der Waals surface area contributed by atoms with Gasteiger partial charge in [0.25, 0.3) is 0 Å². The van der Waals surface area contributed by atoms with Gasteiger partial charge >= 0.3 is 6.09 Å². The molecule has 1 aliphatic heterocycles. The van der Waals surface area contributed by atoms with E-state index in [1.165, 1.54) is 10.5 Å². The molecule has 1 aliphatic rings. The van der Waals surface area contributed by atoms with Gasteiger partial charge in [0, 0.05) is 12.0 Å². The summed E-state index contributed by atoms with van der Waals surface area (Å²) in [6.45, 7) is 7.31. The minimum atomic E-state index is -0.620. The summed E-state index contributed by atoms with van der Waals surface area (Å²) in [7, 11) is 0. The summed E-state index contributed by atoms with van der Waals surface area (Å²) in [5, 5.41) is 0. The number of benzene rings is 2. The van der Waals surface area contributed by atoms with Gasteiger partial charge in [-0.25, -0.2) is 9.69 Å². The third-order valence-electron chi connectivity index (χ3n) is 4.77. The van der Waals surface area contributed by atoms with Crippen LogP contribution in [0.1, 0.15) is 39.7 Å². The van der Waals surface area contributed by atoms with E-state index in [2.05, 4.69) is 36.4 Å². The Hall–Kier alpha value is -2.62. The molecule has 0 saturated carbocycles. The lowest BCUT2D eigenvalue weighted by Gasteiger charge is -2.27. The zero-order chi connectivity index (χ0) is 19.6. The Balaban J connectivity index is 1.75. The second kappa shape index (κ2) is 7.55. The van der Waals surface area contributed by atoms with Gasteiger partial charge < -0.3 is 4.74 Å². The van der Waals surface area contributed by atoms with Gasteiger partial charge in [-0.2, -0.15) is 0 Å². The maximum Gasteiger partial charge on any atom is 0.417 e. The molecule has 142 valence electrons. The maximum absolute atomic E-state index is 12.5. The molecule has 4 nitrogen and oxygen atoms in total. The van der Waals surface area contributed by atoms with Crippen molar-refractivity contribution in [3.8, 4) is 11.1 Å². The van der Waals surface area contributed by atoms with E-state index in [1.54, 1.807) is 0 Å². The molecule has 0 aliphatic carbocycles. The van der Waals surface area contributed by atoms with Gasteiger partial charge in [0.1, 0.15) is 5.60 Å². The van der Waals surface area contributed by atoms with Crippen LogP contribution in [-0.2, 0) is 16.0 Å². The molecule has 1 fully saturated rings. The number of rotatable bonds is 3. The van der Waals surface area contributed by atoms with Crippen molar-refractivity contribution in [2.24, 2.45) is 5.92 Å². The fourth-order valence-electron chi connectivity index (χ4n) is 3.49. The molecule has 0 spiro atoms. The number of ether oxygens (including phenoxy) is 1. The second-order valence-electron chi connectivity index (χ2n) is 8.25. The Morgan fingerprint density at radius 3 is 2.22 bits per heavy atom. The lowest BCUT2D eigenvalue weighted by molar-refractivity contribution is -0.130. The van der Waals surface area contributed by atoms with E-state index < -0.39 is 11.7 Å². The zero-order valence-electron chi connectivity index (χ0n) is 16.4. The lowest BCUT2D eigenvalue weighted by Crippen LogP contribution is -2.43. The maximum atomic E-state index is 12.5. The number of carbonyl (C=O) groups is 2. The number of hydrogen-bond acceptors (Lipinski definition) is 3. The average molecular weight is 365 g/mol. The first kappa shape index (κ1) is 19.2. The number of amides is 2. The summed E-state index contributed by atoms with van der Waals surface area (Å²) < 4.78 is 5.45.